The van der Waals surface area contributed by atoms with Crippen molar-refractivity contribution < 1.29 is 19.8 Å². The minimum absolute atomic E-state index is 0.00227. The summed E-state index contributed by atoms with van der Waals surface area (Å²) in [6.45, 7) is 1.92. The van der Waals surface area contributed by atoms with E-state index in [2.05, 4.69) is 10.3 Å². The van der Waals surface area contributed by atoms with Crippen molar-refractivity contribution >= 4 is 29.4 Å². The smallest absolute Gasteiger partial charge is 0.282 e. The summed E-state index contributed by atoms with van der Waals surface area (Å²) in [7, 11) is 0. The molecular weight excluding hydrogens is 430 g/mol. The Labute approximate surface area is 197 Å². The fourth-order valence-electron chi connectivity index (χ4n) is 3.72. The Hall–Kier alpha value is -4.23. The van der Waals surface area contributed by atoms with Crippen molar-refractivity contribution in [2.45, 2.75) is 26.5 Å². The molecule has 1 heterocycles. The molecule has 3 N–H and O–H groups in total. The minimum Gasteiger partial charge on any atom is -0.508 e. The minimum atomic E-state index is -0.304. The van der Waals surface area contributed by atoms with Crippen molar-refractivity contribution in [3.63, 3.8) is 0 Å². The summed E-state index contributed by atoms with van der Waals surface area (Å²) >= 11 is 0. The van der Waals surface area contributed by atoms with Gasteiger partial charge < -0.3 is 15.5 Å². The van der Waals surface area contributed by atoms with Crippen molar-refractivity contribution in [2.75, 3.05) is 4.90 Å². The molecule has 3 aromatic rings. The number of aliphatic hydroxyl groups is 1. The second-order valence-corrected chi connectivity index (χ2v) is 7.98. The number of hydrogen-bond acceptors (Lipinski definition) is 5. The molecule has 7 heteroatoms. The third kappa shape index (κ3) is 5.22. The topological polar surface area (TPSA) is 102 Å². The molecular formula is C27H25N3O4. The Morgan fingerprint density at radius 3 is 2.47 bits per heavy atom. The lowest BCUT2D eigenvalue weighted by Gasteiger charge is -2.16. The number of phenols is 1. The van der Waals surface area contributed by atoms with E-state index in [-0.39, 0.29) is 36.3 Å². The highest BCUT2D eigenvalue weighted by molar-refractivity contribution is 6.28. The van der Waals surface area contributed by atoms with Gasteiger partial charge in [-0.25, -0.2) is 4.99 Å². The Morgan fingerprint density at radius 2 is 1.76 bits per heavy atom. The molecule has 0 saturated carbocycles. The van der Waals surface area contributed by atoms with Gasteiger partial charge in [-0.15, -0.1) is 0 Å². The molecule has 1 aliphatic rings. The maximum Gasteiger partial charge on any atom is 0.282 e. The van der Waals surface area contributed by atoms with Crippen LogP contribution in [0.5, 0.6) is 5.75 Å². The first-order valence-corrected chi connectivity index (χ1v) is 10.9. The average molecular weight is 456 g/mol. The third-order valence-electron chi connectivity index (χ3n) is 5.50. The van der Waals surface area contributed by atoms with Crippen molar-refractivity contribution in [1.29, 1.82) is 0 Å². The van der Waals surface area contributed by atoms with Gasteiger partial charge in [0.15, 0.2) is 0 Å². The van der Waals surface area contributed by atoms with E-state index in [4.69, 9.17) is 0 Å². The highest BCUT2D eigenvalue weighted by Crippen LogP contribution is 2.27. The first kappa shape index (κ1) is 22.9. The lowest BCUT2D eigenvalue weighted by Crippen LogP contribution is -2.30. The van der Waals surface area contributed by atoms with Crippen LogP contribution < -0.4 is 10.2 Å². The Kier molecular flexibility index (Phi) is 6.85. The van der Waals surface area contributed by atoms with E-state index < -0.39 is 0 Å². The quantitative estimate of drug-likeness (QED) is 0.474. The van der Waals surface area contributed by atoms with Gasteiger partial charge in [0.05, 0.1) is 18.7 Å². The zero-order valence-corrected chi connectivity index (χ0v) is 18.7. The summed E-state index contributed by atoms with van der Waals surface area (Å²) in [5.41, 5.74) is 3.83. The summed E-state index contributed by atoms with van der Waals surface area (Å²) in [5, 5.41) is 22.0. The Morgan fingerprint density at radius 1 is 1.03 bits per heavy atom. The highest BCUT2D eigenvalue weighted by atomic mass is 16.3. The maximum absolute atomic E-state index is 13.0. The van der Waals surface area contributed by atoms with Crippen LogP contribution in [0.1, 0.15) is 29.2 Å². The molecule has 2 amide bonds. The van der Waals surface area contributed by atoms with Gasteiger partial charge in [-0.3, -0.25) is 14.5 Å². The molecule has 172 valence electrons. The van der Waals surface area contributed by atoms with Crippen LogP contribution in [0.3, 0.4) is 0 Å². The molecule has 7 nitrogen and oxygen atoms in total. The molecule has 4 rings (SSSR count). The molecule has 0 aromatic heterocycles. The number of nitrogens with one attached hydrogen (secondary N) is 1. The van der Waals surface area contributed by atoms with Crippen LogP contribution >= 0.6 is 0 Å². The molecule has 0 bridgehead atoms. The zero-order valence-electron chi connectivity index (χ0n) is 18.7. The molecule has 0 fully saturated rings. The number of rotatable bonds is 7. The van der Waals surface area contributed by atoms with Crippen LogP contribution in [-0.4, -0.2) is 27.9 Å². The van der Waals surface area contributed by atoms with Gasteiger partial charge >= 0.3 is 0 Å². The lowest BCUT2D eigenvalue weighted by molar-refractivity contribution is -0.120. The second kappa shape index (κ2) is 10.1. The van der Waals surface area contributed by atoms with E-state index in [1.54, 1.807) is 37.3 Å². The fourth-order valence-corrected chi connectivity index (χ4v) is 3.72. The van der Waals surface area contributed by atoms with Gasteiger partial charge in [-0.1, -0.05) is 48.5 Å². The average Bonchev–Trinajstić information content (AvgIpc) is 3.12. The number of anilines is 1. The summed E-state index contributed by atoms with van der Waals surface area (Å²) in [6, 6.07) is 21.7. The van der Waals surface area contributed by atoms with Crippen LogP contribution in [0.15, 0.2) is 83.5 Å². The van der Waals surface area contributed by atoms with E-state index in [1.165, 1.54) is 11.0 Å². The van der Waals surface area contributed by atoms with Gasteiger partial charge in [0.2, 0.25) is 5.91 Å². The van der Waals surface area contributed by atoms with Gasteiger partial charge in [-0.05, 0) is 54.0 Å². The number of aromatic hydroxyl groups is 1. The number of amides is 2. The standard InChI is InChI=1S/C27H25N3O4/c1-18-29-24(14-21-9-12-25(32)22(13-21)17-31)27(34)30(18)23-10-7-19(8-11-23)15-26(33)28-16-20-5-3-2-4-6-20/h2-14,31-32H,15-17H2,1H3,(H,28,33)/b24-14-. The summed E-state index contributed by atoms with van der Waals surface area (Å²) in [4.78, 5) is 31.2. The van der Waals surface area contributed by atoms with Crippen LogP contribution in [0, 0.1) is 0 Å². The Balaban J connectivity index is 1.42. The molecule has 0 unspecified atom stereocenters. The largest absolute Gasteiger partial charge is 0.508 e. The monoisotopic (exact) mass is 455 g/mol. The highest BCUT2D eigenvalue weighted by Gasteiger charge is 2.28. The number of benzene rings is 3. The lowest BCUT2D eigenvalue weighted by atomic mass is 10.1. The predicted octanol–water partition coefficient (Wildman–Crippen LogP) is 3.55. The van der Waals surface area contributed by atoms with Crippen LogP contribution in [0.2, 0.25) is 0 Å². The second-order valence-electron chi connectivity index (χ2n) is 7.98. The van der Waals surface area contributed by atoms with Crippen LogP contribution in [0.25, 0.3) is 6.08 Å². The molecule has 0 aliphatic carbocycles. The van der Waals surface area contributed by atoms with E-state index >= 15 is 0 Å². The number of nitrogens with zero attached hydrogens (tertiary/aromatic N) is 2. The maximum atomic E-state index is 13.0. The fraction of sp³-hybridized carbons (Fsp3) is 0.148. The molecule has 0 saturated heterocycles. The van der Waals surface area contributed by atoms with E-state index in [0.717, 1.165) is 11.1 Å². The number of aliphatic imine (C=N–C) groups is 1. The number of carbonyl (C=O) groups excluding carboxylic acids is 2. The van der Waals surface area contributed by atoms with Crippen molar-refractivity contribution in [1.82, 2.24) is 5.32 Å². The Bertz CT molecular complexity index is 1260. The van der Waals surface area contributed by atoms with E-state index in [9.17, 15) is 19.8 Å². The van der Waals surface area contributed by atoms with Gasteiger partial charge in [0.25, 0.3) is 5.91 Å². The summed E-state index contributed by atoms with van der Waals surface area (Å²) in [5.74, 6) is 0.181. The van der Waals surface area contributed by atoms with Crippen LogP contribution in [0.4, 0.5) is 5.69 Å². The van der Waals surface area contributed by atoms with Crippen molar-refractivity contribution in [2.24, 2.45) is 4.99 Å². The normalized spacial score (nSPS) is 14.4. The summed E-state index contributed by atoms with van der Waals surface area (Å²) in [6.07, 6.45) is 1.86. The number of carbonyl (C=O) groups is 2. The van der Waals surface area contributed by atoms with Gasteiger partial charge in [0, 0.05) is 12.1 Å². The number of amidine groups is 1. The molecule has 0 radical (unpaired) electrons. The molecule has 0 atom stereocenters. The predicted molar refractivity (Wildman–Crippen MR) is 131 cm³/mol. The van der Waals surface area contributed by atoms with Crippen LogP contribution in [-0.2, 0) is 29.2 Å². The SMILES string of the molecule is CC1=N/C(=C\c2ccc(O)c(CO)c2)C(=O)N1c1ccc(CC(=O)NCc2ccccc2)cc1. The van der Waals surface area contributed by atoms with Crippen molar-refractivity contribution in [3.8, 4) is 5.75 Å². The molecule has 0 spiro atoms. The first-order chi connectivity index (χ1) is 16.4. The zero-order chi connectivity index (χ0) is 24.1. The van der Waals surface area contributed by atoms with Gasteiger partial charge in [0.1, 0.15) is 17.3 Å². The number of hydrogen-bond donors (Lipinski definition) is 3. The first-order valence-electron chi connectivity index (χ1n) is 10.9. The molecule has 34 heavy (non-hydrogen) atoms. The number of aliphatic hydroxyl groups excluding tert-OH is 1. The molecule has 3 aromatic carbocycles. The van der Waals surface area contributed by atoms with Crippen molar-refractivity contribution in [3.05, 3.63) is 101 Å². The summed E-state index contributed by atoms with van der Waals surface area (Å²) < 4.78 is 0. The van der Waals surface area contributed by atoms with E-state index in [1.807, 2.05) is 42.5 Å². The molecule has 1 aliphatic heterocycles. The van der Waals surface area contributed by atoms with Gasteiger partial charge in [-0.2, -0.15) is 0 Å². The third-order valence-corrected chi connectivity index (χ3v) is 5.50. The van der Waals surface area contributed by atoms with E-state index in [0.29, 0.717) is 29.2 Å².